The summed E-state index contributed by atoms with van der Waals surface area (Å²) in [6, 6.07) is 6.59. The molecule has 1 saturated heterocycles. The van der Waals surface area contributed by atoms with Crippen molar-refractivity contribution in [2.45, 2.75) is 65.0 Å². The minimum atomic E-state index is 0.238. The van der Waals surface area contributed by atoms with Gasteiger partial charge in [0, 0.05) is 38.2 Å². The molecule has 2 aromatic rings. The van der Waals surface area contributed by atoms with Gasteiger partial charge in [0.15, 0.2) is 11.7 Å². The first-order valence-electron chi connectivity index (χ1n) is 12.0. The zero-order valence-corrected chi connectivity index (χ0v) is 20.3. The minimum absolute atomic E-state index is 0.238. The van der Waals surface area contributed by atoms with Crippen molar-refractivity contribution in [3.8, 4) is 11.5 Å². The lowest BCUT2D eigenvalue weighted by molar-refractivity contribution is 0.0521. The summed E-state index contributed by atoms with van der Waals surface area (Å²) in [6.45, 7) is 8.44. The number of nitrogens with zero attached hydrogens (tertiary/aromatic N) is 4. The van der Waals surface area contributed by atoms with Gasteiger partial charge in [-0.1, -0.05) is 23.2 Å². The quantitative estimate of drug-likeness (QED) is 0.428. The van der Waals surface area contributed by atoms with E-state index in [4.69, 9.17) is 14.2 Å². The third-order valence-corrected chi connectivity index (χ3v) is 7.51. The lowest BCUT2D eigenvalue weighted by Gasteiger charge is -2.35. The number of aromatic nitrogens is 2. The summed E-state index contributed by atoms with van der Waals surface area (Å²) >= 11 is 1.82. The van der Waals surface area contributed by atoms with Crippen LogP contribution in [-0.2, 0) is 24.1 Å². The molecule has 0 radical (unpaired) electrons. The van der Waals surface area contributed by atoms with Gasteiger partial charge in [0.05, 0.1) is 6.10 Å². The maximum Gasteiger partial charge on any atom is 0.257 e. The second-order valence-corrected chi connectivity index (χ2v) is 10.4. The van der Waals surface area contributed by atoms with Crippen molar-refractivity contribution in [1.29, 1.82) is 0 Å². The van der Waals surface area contributed by atoms with Crippen molar-refractivity contribution in [3.63, 3.8) is 0 Å². The van der Waals surface area contributed by atoms with Gasteiger partial charge in [-0.05, 0) is 87.0 Å². The zero-order valence-electron chi connectivity index (χ0n) is 19.5. The van der Waals surface area contributed by atoms with Gasteiger partial charge in [-0.25, -0.2) is 4.31 Å². The molecule has 5 rings (SSSR count). The second kappa shape index (κ2) is 9.48. The minimum Gasteiger partial charge on any atom is -0.476 e. The van der Waals surface area contributed by atoms with Gasteiger partial charge in [0.25, 0.3) is 5.89 Å². The number of hydrogen-bond acceptors (Lipinski definition) is 7. The number of benzene rings is 1. The van der Waals surface area contributed by atoms with Crippen LogP contribution in [0.5, 0.6) is 0 Å². The van der Waals surface area contributed by atoms with E-state index >= 15 is 0 Å². The highest BCUT2D eigenvalue weighted by molar-refractivity contribution is 7.96. The fourth-order valence-corrected chi connectivity index (χ4v) is 5.29. The van der Waals surface area contributed by atoms with E-state index in [-0.39, 0.29) is 6.10 Å². The van der Waals surface area contributed by atoms with E-state index in [1.165, 1.54) is 29.5 Å². The molecule has 2 fully saturated rings. The highest BCUT2D eigenvalue weighted by Gasteiger charge is 2.29. The van der Waals surface area contributed by atoms with Crippen LogP contribution in [0.4, 0.5) is 0 Å². The summed E-state index contributed by atoms with van der Waals surface area (Å²) in [5.74, 6) is 3.25. The molecule has 0 bridgehead atoms. The van der Waals surface area contributed by atoms with E-state index in [1.54, 1.807) is 0 Å². The Balaban J connectivity index is 1.18. The van der Waals surface area contributed by atoms with Gasteiger partial charge in [-0.15, -0.1) is 0 Å². The first kappa shape index (κ1) is 21.8. The van der Waals surface area contributed by atoms with Crippen molar-refractivity contribution in [1.82, 2.24) is 19.3 Å². The van der Waals surface area contributed by atoms with Crippen LogP contribution >= 0.6 is 11.9 Å². The van der Waals surface area contributed by atoms with Crippen LogP contribution in [0, 0.1) is 5.92 Å². The molecule has 1 saturated carbocycles. The zero-order chi connectivity index (χ0) is 22.1. The van der Waals surface area contributed by atoms with E-state index in [1.807, 2.05) is 11.9 Å². The molecule has 3 heterocycles. The van der Waals surface area contributed by atoms with E-state index in [9.17, 15) is 0 Å². The van der Waals surface area contributed by atoms with Crippen LogP contribution in [0.25, 0.3) is 11.5 Å². The Morgan fingerprint density at radius 2 is 1.97 bits per heavy atom. The number of ether oxygens (including phenoxy) is 1. The summed E-state index contributed by atoms with van der Waals surface area (Å²) < 4.78 is 14.2. The third kappa shape index (κ3) is 4.99. The first-order chi connectivity index (χ1) is 15.6. The summed E-state index contributed by atoms with van der Waals surface area (Å²) in [7, 11) is 0. The molecule has 172 valence electrons. The van der Waals surface area contributed by atoms with Crippen LogP contribution in [0.1, 0.15) is 56.5 Å². The van der Waals surface area contributed by atoms with E-state index < -0.39 is 0 Å². The summed E-state index contributed by atoms with van der Waals surface area (Å²) in [4.78, 5) is 7.20. The van der Waals surface area contributed by atoms with Crippen molar-refractivity contribution in [3.05, 3.63) is 46.6 Å². The highest BCUT2D eigenvalue weighted by atomic mass is 32.2. The highest BCUT2D eigenvalue weighted by Crippen LogP contribution is 2.36. The number of fused-ring (bicyclic) bond motifs is 1. The molecule has 0 atom stereocenters. The van der Waals surface area contributed by atoms with E-state index in [2.05, 4.69) is 52.7 Å². The summed E-state index contributed by atoms with van der Waals surface area (Å²) in [5, 5.41) is 4.31. The average molecular weight is 455 g/mol. The molecular formula is C25H34N4O2S. The molecule has 7 heteroatoms. The number of hydrogen-bond donors (Lipinski definition) is 0. The number of likely N-dealkylation sites (tertiary alicyclic amines) is 1. The normalized spacial score (nSPS) is 19.4. The number of allylic oxidation sites excluding steroid dienone is 1. The molecule has 1 aromatic heterocycles. The van der Waals surface area contributed by atoms with Crippen LogP contribution < -0.4 is 0 Å². The third-order valence-electron chi connectivity index (χ3n) is 6.68. The fourth-order valence-electron chi connectivity index (χ4n) is 4.75. The standard InChI is InChI=1S/C25H34N4O2S/c1-17(2)30-25(19-4-5-19)28-11-8-18(9-12-28)14-23-26-24(31-27-23)21-6-7-22-16-29(32-3)13-10-20(22)15-21/h6-7,15,17-18H,4-5,8-14,16H2,1-3H3. The van der Waals surface area contributed by atoms with Gasteiger partial charge in [0.1, 0.15) is 0 Å². The molecule has 1 aromatic carbocycles. The largest absolute Gasteiger partial charge is 0.476 e. The van der Waals surface area contributed by atoms with E-state index in [0.717, 1.165) is 69.1 Å². The van der Waals surface area contributed by atoms with Gasteiger partial charge in [0.2, 0.25) is 0 Å². The molecule has 3 aliphatic rings. The van der Waals surface area contributed by atoms with Gasteiger partial charge >= 0.3 is 0 Å². The molecule has 6 nitrogen and oxygen atoms in total. The molecule has 32 heavy (non-hydrogen) atoms. The van der Waals surface area contributed by atoms with Crippen LogP contribution in [0.2, 0.25) is 0 Å². The summed E-state index contributed by atoms with van der Waals surface area (Å²) in [6.07, 6.45) is 9.04. The number of rotatable bonds is 7. The summed E-state index contributed by atoms with van der Waals surface area (Å²) in [5.41, 5.74) is 5.35. The van der Waals surface area contributed by atoms with Crippen LogP contribution in [-0.4, -0.2) is 51.3 Å². The Labute approximate surface area is 195 Å². The maximum atomic E-state index is 6.13. The van der Waals surface area contributed by atoms with Gasteiger partial charge in [-0.2, -0.15) is 4.98 Å². The smallest absolute Gasteiger partial charge is 0.257 e. The van der Waals surface area contributed by atoms with Crippen molar-refractivity contribution < 1.29 is 9.26 Å². The van der Waals surface area contributed by atoms with Crippen molar-refractivity contribution in [2.24, 2.45) is 5.92 Å². The number of piperidine rings is 1. The Kier molecular flexibility index (Phi) is 6.47. The van der Waals surface area contributed by atoms with Crippen LogP contribution in [0.3, 0.4) is 0 Å². The Bertz CT molecular complexity index is 972. The predicted octanol–water partition coefficient (Wildman–Crippen LogP) is 5.06. The average Bonchev–Trinajstić information content (AvgIpc) is 3.55. The monoisotopic (exact) mass is 454 g/mol. The lowest BCUT2D eigenvalue weighted by atomic mass is 9.93. The fraction of sp³-hybridized carbons (Fsp3) is 0.600. The molecule has 1 aliphatic carbocycles. The topological polar surface area (TPSA) is 54.6 Å². The molecule has 0 N–H and O–H groups in total. The predicted molar refractivity (Wildman–Crippen MR) is 128 cm³/mol. The molecular weight excluding hydrogens is 420 g/mol. The molecule has 0 unspecified atom stereocenters. The van der Waals surface area contributed by atoms with E-state index in [0.29, 0.717) is 11.8 Å². The Morgan fingerprint density at radius 1 is 1.16 bits per heavy atom. The van der Waals surface area contributed by atoms with Gasteiger partial charge in [-0.3, -0.25) is 0 Å². The SMILES string of the molecule is CSN1CCc2cc(-c3nc(CC4CCN(C(OC(C)C)=C5CC5)CC4)no3)ccc2C1. The second-order valence-electron chi connectivity index (χ2n) is 9.51. The Morgan fingerprint density at radius 3 is 2.69 bits per heavy atom. The molecule has 0 spiro atoms. The van der Waals surface area contributed by atoms with Crippen molar-refractivity contribution in [2.75, 3.05) is 25.9 Å². The van der Waals surface area contributed by atoms with Gasteiger partial charge < -0.3 is 14.2 Å². The van der Waals surface area contributed by atoms with Crippen molar-refractivity contribution >= 4 is 11.9 Å². The maximum absolute atomic E-state index is 6.13. The first-order valence-corrected chi connectivity index (χ1v) is 13.1. The van der Waals surface area contributed by atoms with Crippen LogP contribution in [0.15, 0.2) is 34.2 Å². The lowest BCUT2D eigenvalue weighted by Crippen LogP contribution is -2.35. The molecule has 0 amide bonds. The Hall–Kier alpha value is -1.99. The molecule has 2 aliphatic heterocycles.